The largest absolute Gasteiger partial charge is 0.330 e. The molecule has 5 nitrogen and oxygen atoms in total. The molecule has 0 spiro atoms. The summed E-state index contributed by atoms with van der Waals surface area (Å²) in [6.45, 7) is 0. The van der Waals surface area contributed by atoms with E-state index in [0.717, 1.165) is 12.8 Å². The Kier molecular flexibility index (Phi) is 2.52. The highest BCUT2D eigenvalue weighted by Crippen LogP contribution is 2.29. The van der Waals surface area contributed by atoms with E-state index in [0.29, 0.717) is 5.82 Å². The minimum Gasteiger partial charge on any atom is -0.330 e. The Morgan fingerprint density at radius 3 is 3.07 bits per heavy atom. The second-order valence-electron chi connectivity index (χ2n) is 3.53. The number of rotatable bonds is 2. The topological polar surface area (TPSA) is 56.4 Å². The van der Waals surface area contributed by atoms with Crippen molar-refractivity contribution < 1.29 is 4.79 Å². The third kappa shape index (κ3) is 1.93. The Morgan fingerprint density at radius 2 is 2.43 bits per heavy atom. The summed E-state index contributed by atoms with van der Waals surface area (Å²) in [5.41, 5.74) is 5.22. The predicted molar refractivity (Wildman–Crippen MR) is 52.6 cm³/mol. The van der Waals surface area contributed by atoms with Gasteiger partial charge in [-0.2, -0.15) is 0 Å². The highest BCUT2D eigenvalue weighted by atomic mass is 35.5. The van der Waals surface area contributed by atoms with Crippen molar-refractivity contribution in [3.05, 3.63) is 12.0 Å². The first-order valence-electron chi connectivity index (χ1n) is 4.57. The monoisotopic (exact) mass is 216 g/mol. The number of hydrazine groups is 1. The lowest BCUT2D eigenvalue weighted by atomic mass is 10.4. The maximum absolute atomic E-state index is 11.5. The predicted octanol–water partition coefficient (Wildman–Crippen LogP) is -0.127. The molecule has 0 aromatic heterocycles. The summed E-state index contributed by atoms with van der Waals surface area (Å²) < 4.78 is 0. The van der Waals surface area contributed by atoms with E-state index in [1.165, 1.54) is 0 Å². The van der Waals surface area contributed by atoms with Crippen LogP contribution in [-0.2, 0) is 4.79 Å². The van der Waals surface area contributed by atoms with Gasteiger partial charge in [-0.05, 0) is 12.8 Å². The van der Waals surface area contributed by atoms with Crippen LogP contribution in [0.25, 0.3) is 0 Å². The summed E-state index contributed by atoms with van der Waals surface area (Å²) in [4.78, 5) is 13.2. The third-order valence-electron chi connectivity index (χ3n) is 2.33. The smallest absolute Gasteiger partial charge is 0.228 e. The average molecular weight is 217 g/mol. The van der Waals surface area contributed by atoms with E-state index in [-0.39, 0.29) is 17.5 Å². The lowest BCUT2D eigenvalue weighted by Crippen LogP contribution is -2.52. The van der Waals surface area contributed by atoms with Gasteiger partial charge < -0.3 is 15.6 Å². The maximum atomic E-state index is 11.5. The second kappa shape index (κ2) is 3.67. The molecule has 1 saturated carbocycles. The number of carbonyl (C=O) groups is 1. The molecule has 0 aromatic rings. The normalized spacial score (nSPS) is 26.6. The zero-order valence-electron chi connectivity index (χ0n) is 7.88. The number of carbonyl (C=O) groups excluding carboxylic acids is 1. The van der Waals surface area contributed by atoms with Crippen LogP contribution in [0.1, 0.15) is 12.8 Å². The minimum absolute atomic E-state index is 0.0793. The van der Waals surface area contributed by atoms with Gasteiger partial charge in [0.15, 0.2) is 5.62 Å². The van der Waals surface area contributed by atoms with E-state index < -0.39 is 0 Å². The summed E-state index contributed by atoms with van der Waals surface area (Å²) in [6.07, 6.45) is 3.68. The maximum Gasteiger partial charge on any atom is 0.228 e. The van der Waals surface area contributed by atoms with E-state index in [1.807, 2.05) is 7.05 Å². The standard InChI is InChI=1S/C8H13ClN4O/c1-13-6(4-10-12-8(13)9)11-7(14)5-2-3-5/h4-5,8,10,12H,2-3H2,1H3,(H,11,14). The van der Waals surface area contributed by atoms with Gasteiger partial charge in [-0.1, -0.05) is 11.6 Å². The summed E-state index contributed by atoms with van der Waals surface area (Å²) >= 11 is 5.90. The van der Waals surface area contributed by atoms with Gasteiger partial charge in [0.1, 0.15) is 5.82 Å². The Hall–Kier alpha value is -0.940. The Morgan fingerprint density at radius 1 is 1.71 bits per heavy atom. The molecule has 0 saturated heterocycles. The molecule has 1 atom stereocenters. The fourth-order valence-electron chi connectivity index (χ4n) is 1.20. The highest BCUT2D eigenvalue weighted by molar-refractivity contribution is 6.20. The van der Waals surface area contributed by atoms with Crippen LogP contribution in [0.2, 0.25) is 0 Å². The molecule has 2 aliphatic rings. The first-order chi connectivity index (χ1) is 6.68. The molecule has 6 heteroatoms. The van der Waals surface area contributed by atoms with Crippen molar-refractivity contribution in [2.24, 2.45) is 5.92 Å². The van der Waals surface area contributed by atoms with Crippen LogP contribution < -0.4 is 16.2 Å². The molecule has 1 unspecified atom stereocenters. The molecule has 2 rings (SSSR count). The molecule has 1 fully saturated rings. The van der Waals surface area contributed by atoms with Gasteiger partial charge in [-0.3, -0.25) is 4.79 Å². The first kappa shape index (κ1) is 9.61. The van der Waals surface area contributed by atoms with Gasteiger partial charge in [-0.25, -0.2) is 5.43 Å². The number of hydrogen-bond acceptors (Lipinski definition) is 4. The van der Waals surface area contributed by atoms with E-state index >= 15 is 0 Å². The number of nitrogens with one attached hydrogen (secondary N) is 3. The molecular weight excluding hydrogens is 204 g/mol. The highest BCUT2D eigenvalue weighted by Gasteiger charge is 2.31. The summed E-state index contributed by atoms with van der Waals surface area (Å²) in [5, 5.41) is 2.82. The van der Waals surface area contributed by atoms with Crippen molar-refractivity contribution in [1.82, 2.24) is 21.1 Å². The van der Waals surface area contributed by atoms with Crippen LogP contribution in [0, 0.1) is 5.92 Å². The van der Waals surface area contributed by atoms with Crippen LogP contribution in [0.15, 0.2) is 12.0 Å². The lowest BCUT2D eigenvalue weighted by Gasteiger charge is -2.32. The van der Waals surface area contributed by atoms with Crippen LogP contribution in [-0.4, -0.2) is 23.5 Å². The SMILES string of the molecule is CN1C(NC(=O)C2CC2)=CNNC1Cl. The van der Waals surface area contributed by atoms with Crippen molar-refractivity contribution in [3.63, 3.8) is 0 Å². The second-order valence-corrected chi connectivity index (χ2v) is 3.94. The molecule has 1 amide bonds. The van der Waals surface area contributed by atoms with E-state index in [2.05, 4.69) is 16.2 Å². The Balaban J connectivity index is 1.95. The number of hydrogen-bond donors (Lipinski definition) is 3. The Bertz CT molecular complexity index is 277. The van der Waals surface area contributed by atoms with E-state index in [1.54, 1.807) is 11.1 Å². The van der Waals surface area contributed by atoms with Gasteiger partial charge in [0, 0.05) is 13.0 Å². The van der Waals surface area contributed by atoms with Gasteiger partial charge in [-0.15, -0.1) is 0 Å². The van der Waals surface area contributed by atoms with Gasteiger partial charge in [0.2, 0.25) is 5.91 Å². The van der Waals surface area contributed by atoms with Gasteiger partial charge >= 0.3 is 0 Å². The van der Waals surface area contributed by atoms with Crippen LogP contribution in [0.5, 0.6) is 0 Å². The zero-order chi connectivity index (χ0) is 10.1. The summed E-state index contributed by atoms with van der Waals surface area (Å²) in [6, 6.07) is 0. The minimum atomic E-state index is -0.352. The molecule has 14 heavy (non-hydrogen) atoms. The van der Waals surface area contributed by atoms with Gasteiger partial charge in [0.25, 0.3) is 0 Å². The molecule has 1 aliphatic carbocycles. The van der Waals surface area contributed by atoms with Crippen molar-refractivity contribution in [2.45, 2.75) is 18.5 Å². The molecule has 78 valence electrons. The van der Waals surface area contributed by atoms with Crippen LogP contribution in [0.4, 0.5) is 0 Å². The molecule has 1 heterocycles. The van der Waals surface area contributed by atoms with E-state index in [4.69, 9.17) is 11.6 Å². The fraction of sp³-hybridized carbons (Fsp3) is 0.625. The van der Waals surface area contributed by atoms with E-state index in [9.17, 15) is 4.79 Å². The molecule has 0 aromatic carbocycles. The van der Waals surface area contributed by atoms with Crippen molar-refractivity contribution in [1.29, 1.82) is 0 Å². The van der Waals surface area contributed by atoms with Crippen molar-refractivity contribution in [3.8, 4) is 0 Å². The van der Waals surface area contributed by atoms with Crippen LogP contribution in [0.3, 0.4) is 0 Å². The first-order valence-corrected chi connectivity index (χ1v) is 5.01. The molecule has 3 N–H and O–H groups in total. The molecular formula is C8H13ClN4O. The Labute approximate surface area is 87.4 Å². The van der Waals surface area contributed by atoms with Crippen molar-refractivity contribution >= 4 is 17.5 Å². The molecule has 0 bridgehead atoms. The van der Waals surface area contributed by atoms with Crippen molar-refractivity contribution in [2.75, 3.05) is 7.05 Å². The third-order valence-corrected chi connectivity index (χ3v) is 2.73. The van der Waals surface area contributed by atoms with Crippen LogP contribution >= 0.6 is 11.6 Å². The molecule has 0 radical (unpaired) electrons. The van der Waals surface area contributed by atoms with Gasteiger partial charge in [0.05, 0.1) is 6.20 Å². The number of amides is 1. The zero-order valence-corrected chi connectivity index (χ0v) is 8.64. The number of halogens is 1. The summed E-state index contributed by atoms with van der Waals surface area (Å²) in [5.74, 6) is 0.976. The average Bonchev–Trinajstić information content (AvgIpc) is 2.95. The number of alkyl halides is 1. The summed E-state index contributed by atoms with van der Waals surface area (Å²) in [7, 11) is 1.81. The fourth-order valence-corrected chi connectivity index (χ4v) is 1.37. The quantitative estimate of drug-likeness (QED) is 0.445. The lowest BCUT2D eigenvalue weighted by molar-refractivity contribution is -0.122. The number of nitrogens with zero attached hydrogens (tertiary/aromatic N) is 1. The molecule has 1 aliphatic heterocycles.